The largest absolute Gasteiger partial charge is 0.458 e. The molecule has 0 saturated heterocycles. The summed E-state index contributed by atoms with van der Waals surface area (Å²) in [6.45, 7) is 8.29. The van der Waals surface area contributed by atoms with Gasteiger partial charge in [0.2, 0.25) is 0 Å². The zero-order valence-corrected chi connectivity index (χ0v) is 20.4. The fraction of sp³-hybridized carbons (Fsp3) is 0.818. The predicted molar refractivity (Wildman–Crippen MR) is 118 cm³/mol. The van der Waals surface area contributed by atoms with Crippen LogP contribution in [0.3, 0.4) is 0 Å². The second kappa shape index (κ2) is 19.2. The first-order chi connectivity index (χ1) is 13.5. The average molecular weight is 415 g/mol. The summed E-state index contributed by atoms with van der Waals surface area (Å²) in [6.07, 6.45) is 11.7. The number of carbonyl (C=O) groups is 2. The van der Waals surface area contributed by atoms with Crippen LogP contribution in [-0.2, 0) is 23.8 Å². The van der Waals surface area contributed by atoms with Crippen LogP contribution in [0.4, 0.5) is 0 Å². The highest BCUT2D eigenvalue weighted by atomic mass is 28.1. The lowest BCUT2D eigenvalue weighted by Crippen LogP contribution is -2.30. The van der Waals surface area contributed by atoms with E-state index in [0.29, 0.717) is 18.6 Å². The van der Waals surface area contributed by atoms with Crippen molar-refractivity contribution in [3.8, 4) is 0 Å². The Bertz CT molecular complexity index is 425. The molecule has 0 aromatic carbocycles. The molecule has 0 amide bonds. The lowest BCUT2D eigenvalue weighted by molar-refractivity contribution is -0.161. The monoisotopic (exact) mass is 414 g/mol. The summed E-state index contributed by atoms with van der Waals surface area (Å²) < 4.78 is 16.2. The minimum Gasteiger partial charge on any atom is -0.458 e. The Labute approximate surface area is 175 Å². The van der Waals surface area contributed by atoms with Gasteiger partial charge in [-0.15, -0.1) is 0 Å². The molecule has 28 heavy (non-hydrogen) atoms. The van der Waals surface area contributed by atoms with Crippen molar-refractivity contribution >= 4 is 22.2 Å². The highest BCUT2D eigenvalue weighted by Crippen LogP contribution is 2.11. The minimum absolute atomic E-state index is 0.00999. The third kappa shape index (κ3) is 17.0. The van der Waals surface area contributed by atoms with Crippen LogP contribution in [0.5, 0.6) is 0 Å². The quantitative estimate of drug-likeness (QED) is 0.138. The van der Waals surface area contributed by atoms with E-state index in [-0.39, 0.29) is 19.2 Å². The molecule has 0 heterocycles. The number of unbranched alkanes of at least 4 members (excludes halogenated alkanes) is 8. The van der Waals surface area contributed by atoms with E-state index in [9.17, 15) is 9.59 Å². The molecular formula is C22H42O5Si. The predicted octanol–water partition coefficient (Wildman–Crippen LogP) is 4.13. The molecule has 0 bridgehead atoms. The van der Waals surface area contributed by atoms with E-state index in [1.807, 2.05) is 0 Å². The molecule has 0 aromatic rings. The number of esters is 2. The van der Waals surface area contributed by atoms with Gasteiger partial charge < -0.3 is 14.2 Å². The van der Waals surface area contributed by atoms with Gasteiger partial charge in [0.25, 0.3) is 0 Å². The molecule has 0 aromatic heterocycles. The first-order valence-electron chi connectivity index (χ1n) is 11.1. The molecule has 0 radical (unpaired) electrons. The fourth-order valence-corrected chi connectivity index (χ4v) is 2.98. The van der Waals surface area contributed by atoms with Gasteiger partial charge in [-0.05, 0) is 19.8 Å². The van der Waals surface area contributed by atoms with Crippen LogP contribution in [0.15, 0.2) is 12.2 Å². The smallest absolute Gasteiger partial charge is 0.333 e. The molecule has 0 aliphatic rings. The summed E-state index contributed by atoms with van der Waals surface area (Å²) in [5.41, 5.74) is 0.330. The zero-order chi connectivity index (χ0) is 21.0. The van der Waals surface area contributed by atoms with Crippen molar-refractivity contribution in [2.75, 3.05) is 19.8 Å². The summed E-state index contributed by atoms with van der Waals surface area (Å²) in [7, 11) is 1.15. The maximum atomic E-state index is 12.1. The number of ether oxygens (including phenoxy) is 3. The molecule has 0 aliphatic carbocycles. The Morgan fingerprint density at radius 1 is 0.929 bits per heavy atom. The molecule has 0 fully saturated rings. The van der Waals surface area contributed by atoms with Gasteiger partial charge >= 0.3 is 11.9 Å². The molecule has 1 unspecified atom stereocenters. The third-order valence-corrected chi connectivity index (χ3v) is 5.18. The molecule has 164 valence electrons. The van der Waals surface area contributed by atoms with E-state index < -0.39 is 12.1 Å². The lowest BCUT2D eigenvalue weighted by atomic mass is 10.1. The lowest BCUT2D eigenvalue weighted by Gasteiger charge is -2.18. The van der Waals surface area contributed by atoms with Crippen molar-refractivity contribution in [2.24, 2.45) is 0 Å². The van der Waals surface area contributed by atoms with E-state index >= 15 is 0 Å². The molecular weight excluding hydrogens is 372 g/mol. The summed E-state index contributed by atoms with van der Waals surface area (Å²) in [4.78, 5) is 23.7. The van der Waals surface area contributed by atoms with Crippen molar-refractivity contribution in [3.05, 3.63) is 12.2 Å². The van der Waals surface area contributed by atoms with Crippen molar-refractivity contribution in [1.82, 2.24) is 0 Å². The summed E-state index contributed by atoms with van der Waals surface area (Å²) in [6, 6.07) is 1.17. The van der Waals surface area contributed by atoms with E-state index in [4.69, 9.17) is 14.2 Å². The van der Waals surface area contributed by atoms with Crippen LogP contribution in [0, 0.1) is 0 Å². The third-order valence-electron chi connectivity index (χ3n) is 4.48. The highest BCUT2D eigenvalue weighted by molar-refractivity contribution is 6.08. The van der Waals surface area contributed by atoms with Crippen LogP contribution < -0.4 is 0 Å². The summed E-state index contributed by atoms with van der Waals surface area (Å²) >= 11 is 0. The Morgan fingerprint density at radius 2 is 1.54 bits per heavy atom. The Balaban J connectivity index is 4.00. The normalized spacial score (nSPS) is 11.9. The first-order valence-corrected chi connectivity index (χ1v) is 12.5. The highest BCUT2D eigenvalue weighted by Gasteiger charge is 2.17. The molecule has 6 heteroatoms. The Morgan fingerprint density at radius 3 is 2.11 bits per heavy atom. The van der Waals surface area contributed by atoms with Crippen LogP contribution in [0.2, 0.25) is 6.04 Å². The Kier molecular flexibility index (Phi) is 18.4. The summed E-state index contributed by atoms with van der Waals surface area (Å²) in [5, 5.41) is 0. The van der Waals surface area contributed by atoms with E-state index in [2.05, 4.69) is 13.5 Å². The van der Waals surface area contributed by atoms with E-state index in [1.165, 1.54) is 51.0 Å². The molecule has 0 saturated carbocycles. The minimum atomic E-state index is -0.552. The fourth-order valence-electron chi connectivity index (χ4n) is 2.69. The molecule has 5 nitrogen and oxygen atoms in total. The van der Waals surface area contributed by atoms with Gasteiger partial charge in [0, 0.05) is 28.8 Å². The first kappa shape index (κ1) is 26.9. The van der Waals surface area contributed by atoms with Crippen molar-refractivity contribution in [3.63, 3.8) is 0 Å². The maximum absolute atomic E-state index is 12.1. The van der Waals surface area contributed by atoms with Gasteiger partial charge in [-0.1, -0.05) is 70.9 Å². The van der Waals surface area contributed by atoms with Crippen LogP contribution in [0.1, 0.15) is 84.5 Å². The number of hydrogen-bond acceptors (Lipinski definition) is 5. The molecule has 0 rings (SSSR count). The second-order valence-corrected chi connectivity index (χ2v) is 8.50. The summed E-state index contributed by atoms with van der Waals surface area (Å²) in [5.74, 6) is -0.717. The van der Waals surface area contributed by atoms with E-state index in [1.54, 1.807) is 6.92 Å². The van der Waals surface area contributed by atoms with Crippen LogP contribution in [-0.4, -0.2) is 48.1 Å². The van der Waals surface area contributed by atoms with Gasteiger partial charge in [-0.3, -0.25) is 4.79 Å². The molecule has 1 atom stereocenters. The standard InChI is InChI=1S/C22H42O5Si/c1-4-5-6-7-8-9-10-11-12-14-21(23)27-20(17-25-15-13-16-28)18-26-22(24)19(2)3/h20H,2,4-18H2,1,3,28H3. The number of hydrogen-bond donors (Lipinski definition) is 0. The van der Waals surface area contributed by atoms with Crippen molar-refractivity contribution in [1.29, 1.82) is 0 Å². The number of carbonyl (C=O) groups excluding carboxylic acids is 2. The van der Waals surface area contributed by atoms with Gasteiger partial charge in [-0.25, -0.2) is 4.79 Å². The molecule has 0 aliphatic heterocycles. The zero-order valence-electron chi connectivity index (χ0n) is 18.4. The van der Waals surface area contributed by atoms with Crippen molar-refractivity contribution in [2.45, 2.75) is 96.6 Å². The Hall–Kier alpha value is -1.14. The van der Waals surface area contributed by atoms with E-state index in [0.717, 1.165) is 29.5 Å². The second-order valence-electron chi connectivity index (χ2n) is 7.50. The SMILES string of the molecule is C=C(C)C(=O)OCC(COCCC[SiH3])OC(=O)CCCCCCCCCCC. The molecule has 0 spiro atoms. The number of rotatable bonds is 19. The maximum Gasteiger partial charge on any atom is 0.333 e. The van der Waals surface area contributed by atoms with Gasteiger partial charge in [0.15, 0.2) is 6.10 Å². The molecule has 0 N–H and O–H groups in total. The van der Waals surface area contributed by atoms with Gasteiger partial charge in [0.05, 0.1) is 6.61 Å². The van der Waals surface area contributed by atoms with Gasteiger partial charge in [-0.2, -0.15) is 0 Å². The van der Waals surface area contributed by atoms with Crippen molar-refractivity contribution < 1.29 is 23.8 Å². The van der Waals surface area contributed by atoms with Crippen LogP contribution in [0.25, 0.3) is 0 Å². The van der Waals surface area contributed by atoms with Crippen LogP contribution >= 0.6 is 0 Å². The topological polar surface area (TPSA) is 61.8 Å². The van der Waals surface area contributed by atoms with Gasteiger partial charge in [0.1, 0.15) is 6.61 Å². The average Bonchev–Trinajstić information content (AvgIpc) is 2.67.